The van der Waals surface area contributed by atoms with Gasteiger partial charge in [-0.1, -0.05) is 0 Å². The molecular formula is C12HFe2KN12Ni3. The van der Waals surface area contributed by atoms with Crippen LogP contribution in [0.1, 0.15) is 0 Å². The Balaban J connectivity index is -0.0000000847. The molecule has 0 fully saturated rings. The topological polar surface area (TPSA) is 285 Å². The second-order valence-corrected chi connectivity index (χ2v) is 14.8. The molecule has 0 unspecified atom stereocenters. The SMILES string of the molecule is N#[C][Fe-3]([C]#N)([C]#N)([C]#N)([C]#N)[C]#N.N#[C][Fe-3]([C]#N)([C]#N)([C]#N)([C]#N)[C]#N.[KH].[Ni+2].[Ni+2].[Ni+2]. The molecule has 0 radical (unpaired) electrons. The van der Waals surface area contributed by atoms with Crippen LogP contribution in [-0.4, -0.2) is 51.4 Å². The smallest absolute Gasteiger partial charge is 2.00 e. The summed E-state index contributed by atoms with van der Waals surface area (Å²) in [6.07, 6.45) is 0. The summed E-state index contributed by atoms with van der Waals surface area (Å²) in [5.74, 6) is 0. The Hall–Kier alpha value is -1.96. The van der Waals surface area contributed by atoms with Gasteiger partial charge in [0.15, 0.2) is 0 Å². The minimum atomic E-state index is -6.17. The quantitative estimate of drug-likeness (QED) is 0.304. The Kier molecular flexibility index (Phi) is 16.1. The van der Waals surface area contributed by atoms with Gasteiger partial charge in [0.1, 0.15) is 0 Å². The molecule has 0 saturated carbocycles. The van der Waals surface area contributed by atoms with Crippen LogP contribution in [0.5, 0.6) is 0 Å². The van der Waals surface area contributed by atoms with Crippen LogP contribution < -0.4 is 0 Å². The summed E-state index contributed by atoms with van der Waals surface area (Å²) >= 11 is 0. The fraction of sp³-hybridized carbons (Fsp3) is 0. The summed E-state index contributed by atoms with van der Waals surface area (Å²) in [7, 11) is -12.3. The molecule has 0 aromatic rings. The van der Waals surface area contributed by atoms with E-state index in [1.807, 2.05) is 0 Å². The van der Waals surface area contributed by atoms with Crippen LogP contribution in [-0.2, 0) is 70.9 Å². The Morgan fingerprint density at radius 2 is 0.333 bits per heavy atom. The zero-order valence-corrected chi connectivity index (χ0v) is 18.2. The average Bonchev–Trinajstić information content (AvgIpc) is 2.77. The molecular weight excluding hydrogens is 639 g/mol. The molecule has 0 aliphatic rings. The Morgan fingerprint density at radius 1 is 0.267 bits per heavy atom. The Morgan fingerprint density at radius 3 is 0.333 bits per heavy atom. The van der Waals surface area contributed by atoms with Crippen LogP contribution in [0.2, 0.25) is 0 Å². The van der Waals surface area contributed by atoms with Crippen molar-refractivity contribution in [3.05, 3.63) is 0 Å². The summed E-state index contributed by atoms with van der Waals surface area (Å²) in [6.45, 7) is 0. The molecule has 0 aromatic carbocycles. The van der Waals surface area contributed by atoms with Gasteiger partial charge < -0.3 is 0 Å². The van der Waals surface area contributed by atoms with Crippen molar-refractivity contribution in [3.8, 4) is 59.6 Å². The molecule has 0 aliphatic heterocycles. The van der Waals surface area contributed by atoms with Gasteiger partial charge in [-0.25, -0.2) is 0 Å². The van der Waals surface area contributed by atoms with Crippen LogP contribution in [0.3, 0.4) is 0 Å². The van der Waals surface area contributed by atoms with E-state index in [1.54, 1.807) is 0 Å². The molecule has 18 heteroatoms. The maximum atomic E-state index is 8.58. The average molecular weight is 640 g/mol. The van der Waals surface area contributed by atoms with E-state index in [0.29, 0.717) is 0 Å². The minimum Gasteiger partial charge on any atom is 2.00 e. The van der Waals surface area contributed by atoms with Gasteiger partial charge in [0.05, 0.1) is 0 Å². The maximum Gasteiger partial charge on any atom is 2.00 e. The van der Waals surface area contributed by atoms with Crippen molar-refractivity contribution < 1.29 is 70.9 Å². The molecule has 0 spiro atoms. The largest absolute Gasteiger partial charge is 2.00 e. The second kappa shape index (κ2) is 11.4. The first-order valence-corrected chi connectivity index (χ1v) is 11.4. The third-order valence-electron chi connectivity index (χ3n) is 2.37. The zero-order chi connectivity index (χ0) is 21.3. The van der Waals surface area contributed by atoms with Gasteiger partial charge in [-0.2, -0.15) is 0 Å². The van der Waals surface area contributed by atoms with E-state index in [-0.39, 0.29) is 101 Å². The standard InChI is InChI=1S/12CN.2Fe.K.3Ni.H/c12*1-2;;;;;;;/q;;;;;;;;;;;;2*-3;;3*+2;. The number of rotatable bonds is 0. The van der Waals surface area contributed by atoms with Crippen molar-refractivity contribution in [2.75, 3.05) is 0 Å². The summed E-state index contributed by atoms with van der Waals surface area (Å²) in [5, 5.41) is 103. The first-order valence-electron chi connectivity index (χ1n) is 4.80. The van der Waals surface area contributed by atoms with Crippen molar-refractivity contribution in [1.29, 1.82) is 63.1 Å². The summed E-state index contributed by atoms with van der Waals surface area (Å²) < 4.78 is 0. The molecule has 0 bridgehead atoms. The third kappa shape index (κ3) is 4.85. The summed E-state index contributed by atoms with van der Waals surface area (Å²) in [5.41, 5.74) is 0. The molecule has 0 aromatic heterocycles. The van der Waals surface area contributed by atoms with Gasteiger partial charge in [0.25, 0.3) is 0 Å². The Bertz CT molecular complexity index is 896. The van der Waals surface area contributed by atoms with Crippen LogP contribution >= 0.6 is 0 Å². The fourth-order valence-electron chi connectivity index (χ4n) is 0.530. The van der Waals surface area contributed by atoms with E-state index in [4.69, 9.17) is 63.1 Å². The first kappa shape index (κ1) is 42.2. The second-order valence-electron chi connectivity index (χ2n) is 3.60. The Labute approximate surface area is 241 Å². The molecule has 156 valence electrons. The van der Waals surface area contributed by atoms with E-state index in [2.05, 4.69) is 0 Å². The van der Waals surface area contributed by atoms with E-state index >= 15 is 0 Å². The van der Waals surface area contributed by atoms with Crippen molar-refractivity contribution >= 4 is 51.4 Å². The molecule has 0 N–H and O–H groups in total. The molecule has 0 heterocycles. The zero-order valence-electron chi connectivity index (χ0n) is 13.0. The van der Waals surface area contributed by atoms with Gasteiger partial charge in [-0.05, 0) is 0 Å². The van der Waals surface area contributed by atoms with Gasteiger partial charge in [-0.15, -0.1) is 0 Å². The molecule has 30 heavy (non-hydrogen) atoms. The summed E-state index contributed by atoms with van der Waals surface area (Å²) in [6, 6.07) is 0. The predicted octanol–water partition coefficient (Wildman–Crippen LogP) is -0.460. The van der Waals surface area contributed by atoms with Crippen molar-refractivity contribution in [2.24, 2.45) is 0 Å². The molecule has 12 nitrogen and oxygen atoms in total. The summed E-state index contributed by atoms with van der Waals surface area (Å²) in [4.78, 5) is 12.4. The number of hydrogen-bond acceptors (Lipinski definition) is 12. The molecule has 0 aliphatic carbocycles. The molecule has 0 rings (SSSR count). The van der Waals surface area contributed by atoms with Crippen molar-refractivity contribution in [3.63, 3.8) is 0 Å². The number of hydrogen-bond donors (Lipinski definition) is 0. The van der Waals surface area contributed by atoms with Crippen LogP contribution in [0.25, 0.3) is 0 Å². The predicted molar refractivity (Wildman–Crippen MR) is 74.5 cm³/mol. The number of nitriles is 12. The van der Waals surface area contributed by atoms with Crippen molar-refractivity contribution in [1.82, 2.24) is 0 Å². The van der Waals surface area contributed by atoms with Crippen LogP contribution in [0.15, 0.2) is 0 Å². The van der Waals surface area contributed by atoms with Gasteiger partial charge in [0.2, 0.25) is 0 Å². The molecule has 0 amide bonds. The van der Waals surface area contributed by atoms with E-state index in [0.717, 1.165) is 59.6 Å². The van der Waals surface area contributed by atoms with E-state index in [9.17, 15) is 0 Å². The monoisotopic (exact) mass is 638 g/mol. The van der Waals surface area contributed by atoms with Crippen LogP contribution in [0.4, 0.5) is 0 Å². The van der Waals surface area contributed by atoms with E-state index < -0.39 is 21.5 Å². The third-order valence-corrected chi connectivity index (χ3v) is 9.78. The number of nitrogens with zero attached hydrogens (tertiary/aromatic N) is 12. The molecule has 0 saturated heterocycles. The molecule has 0 atom stereocenters. The first-order chi connectivity index (χ1) is 11.9. The minimum absolute atomic E-state index is 0. The van der Waals surface area contributed by atoms with Crippen molar-refractivity contribution in [2.45, 2.75) is 0 Å². The van der Waals surface area contributed by atoms with Gasteiger partial charge >= 0.3 is 245 Å². The van der Waals surface area contributed by atoms with E-state index in [1.165, 1.54) is 0 Å². The van der Waals surface area contributed by atoms with Crippen LogP contribution in [0, 0.1) is 123 Å². The maximum absolute atomic E-state index is 8.58. The normalized spacial score (nSPS) is 11.6. The fourth-order valence-corrected chi connectivity index (χ4v) is 2.19. The van der Waals surface area contributed by atoms with Gasteiger partial charge in [0, 0.05) is 0 Å². The van der Waals surface area contributed by atoms with Gasteiger partial charge in [-0.3, -0.25) is 0 Å².